The van der Waals surface area contributed by atoms with Crippen LogP contribution in [0.2, 0.25) is 0 Å². The van der Waals surface area contributed by atoms with Crippen molar-refractivity contribution >= 4 is 5.91 Å². The molecule has 0 aromatic rings. The molecule has 0 spiro atoms. The molecule has 0 aliphatic carbocycles. The molecule has 0 fully saturated rings. The van der Waals surface area contributed by atoms with Gasteiger partial charge in [-0.05, 0) is 19.8 Å². The first-order valence-corrected chi connectivity index (χ1v) is 6.68. The number of hydrogen-bond acceptors (Lipinski definition) is 3. The van der Waals surface area contributed by atoms with E-state index in [0.717, 1.165) is 12.8 Å². The number of carbonyl (C=O) groups is 1. The lowest BCUT2D eigenvalue weighted by molar-refractivity contribution is -0.137. The monoisotopic (exact) mass is 244 g/mol. The zero-order valence-electron chi connectivity index (χ0n) is 11.5. The van der Waals surface area contributed by atoms with Crippen molar-refractivity contribution < 1.29 is 9.90 Å². The van der Waals surface area contributed by atoms with E-state index in [2.05, 4.69) is 6.92 Å². The van der Waals surface area contributed by atoms with E-state index in [4.69, 9.17) is 10.8 Å². The van der Waals surface area contributed by atoms with Crippen molar-refractivity contribution in [3.63, 3.8) is 0 Å². The molecule has 3 N–H and O–H groups in total. The normalized spacial score (nSPS) is 14.4. The van der Waals surface area contributed by atoms with E-state index in [1.54, 1.807) is 11.8 Å². The number of nitrogens with two attached hydrogens (primary N) is 1. The Balaban J connectivity index is 4.26. The predicted octanol–water partition coefficient (Wildman–Crippen LogP) is 1.51. The van der Waals surface area contributed by atoms with Gasteiger partial charge in [-0.2, -0.15) is 0 Å². The Morgan fingerprint density at radius 2 is 1.88 bits per heavy atom. The molecule has 0 saturated carbocycles. The van der Waals surface area contributed by atoms with Crippen LogP contribution in [-0.4, -0.2) is 41.1 Å². The molecule has 4 nitrogen and oxygen atoms in total. The Labute approximate surface area is 105 Å². The Morgan fingerprint density at radius 1 is 1.24 bits per heavy atom. The van der Waals surface area contributed by atoms with Gasteiger partial charge < -0.3 is 15.7 Å². The molecule has 0 aromatic heterocycles. The lowest BCUT2D eigenvalue weighted by atomic mass is 9.98. The van der Waals surface area contributed by atoms with Crippen LogP contribution in [0.1, 0.15) is 52.9 Å². The molecule has 17 heavy (non-hydrogen) atoms. The van der Waals surface area contributed by atoms with E-state index >= 15 is 0 Å². The number of rotatable bonds is 9. The van der Waals surface area contributed by atoms with Crippen LogP contribution < -0.4 is 5.73 Å². The summed E-state index contributed by atoms with van der Waals surface area (Å²) in [7, 11) is 0. The van der Waals surface area contributed by atoms with Crippen molar-refractivity contribution in [1.29, 1.82) is 0 Å². The lowest BCUT2D eigenvalue weighted by Gasteiger charge is -2.30. The molecule has 0 bridgehead atoms. The van der Waals surface area contributed by atoms with Gasteiger partial charge in [-0.15, -0.1) is 0 Å². The van der Waals surface area contributed by atoms with Crippen LogP contribution >= 0.6 is 0 Å². The first kappa shape index (κ1) is 16.4. The molecule has 0 radical (unpaired) electrons. The second-order valence-corrected chi connectivity index (χ2v) is 4.85. The molecule has 0 heterocycles. The highest BCUT2D eigenvalue weighted by molar-refractivity contribution is 5.85. The maximum absolute atomic E-state index is 12.1. The van der Waals surface area contributed by atoms with Gasteiger partial charge in [0.15, 0.2) is 0 Å². The van der Waals surface area contributed by atoms with Gasteiger partial charge in [0.1, 0.15) is 0 Å². The minimum atomic E-state index is -0.806. The number of carbonyl (C=O) groups excluding carboxylic acids is 1. The summed E-state index contributed by atoms with van der Waals surface area (Å²) in [5.74, 6) is -0.0504. The second kappa shape index (κ2) is 8.48. The second-order valence-electron chi connectivity index (χ2n) is 4.85. The number of unbranched alkanes of at least 4 members (excludes halogenated alkanes) is 3. The van der Waals surface area contributed by atoms with Crippen molar-refractivity contribution in [1.82, 2.24) is 4.90 Å². The van der Waals surface area contributed by atoms with E-state index < -0.39 is 5.54 Å². The number of amides is 1. The van der Waals surface area contributed by atoms with Gasteiger partial charge in [0.2, 0.25) is 5.91 Å². The third kappa shape index (κ3) is 6.03. The van der Waals surface area contributed by atoms with Gasteiger partial charge >= 0.3 is 0 Å². The van der Waals surface area contributed by atoms with Crippen molar-refractivity contribution in [2.75, 3.05) is 19.7 Å². The predicted molar refractivity (Wildman–Crippen MR) is 70.7 cm³/mol. The van der Waals surface area contributed by atoms with Gasteiger partial charge in [0.05, 0.1) is 12.1 Å². The summed E-state index contributed by atoms with van der Waals surface area (Å²) >= 11 is 0. The molecule has 0 saturated heterocycles. The smallest absolute Gasteiger partial charge is 0.242 e. The summed E-state index contributed by atoms with van der Waals surface area (Å²) < 4.78 is 0. The van der Waals surface area contributed by atoms with Gasteiger partial charge in [-0.3, -0.25) is 4.79 Å². The summed E-state index contributed by atoms with van der Waals surface area (Å²) in [5.41, 5.74) is 5.14. The Hall–Kier alpha value is -0.610. The third-order valence-corrected chi connectivity index (χ3v) is 3.16. The van der Waals surface area contributed by atoms with Gasteiger partial charge in [0, 0.05) is 13.1 Å². The fourth-order valence-electron chi connectivity index (χ4n) is 1.68. The highest BCUT2D eigenvalue weighted by Crippen LogP contribution is 2.11. The van der Waals surface area contributed by atoms with Crippen LogP contribution in [0.25, 0.3) is 0 Å². The van der Waals surface area contributed by atoms with E-state index in [-0.39, 0.29) is 12.5 Å². The van der Waals surface area contributed by atoms with Crippen LogP contribution in [0.3, 0.4) is 0 Å². The number of aliphatic hydroxyl groups is 1. The lowest BCUT2D eigenvalue weighted by Crippen LogP contribution is -2.53. The van der Waals surface area contributed by atoms with Crippen LogP contribution in [-0.2, 0) is 4.79 Å². The molecule has 0 aliphatic rings. The average Bonchev–Trinajstić information content (AvgIpc) is 2.32. The molecule has 0 aromatic carbocycles. The Bertz CT molecular complexity index is 217. The fourth-order valence-corrected chi connectivity index (χ4v) is 1.68. The standard InChI is InChI=1S/C13H28N2O2/c1-4-6-7-8-9-15(10-11-16)12(17)13(3,14)5-2/h16H,4-11,14H2,1-3H3. The van der Waals surface area contributed by atoms with Crippen molar-refractivity contribution in [2.45, 2.75) is 58.4 Å². The zero-order chi connectivity index (χ0) is 13.3. The maximum Gasteiger partial charge on any atom is 0.242 e. The molecular weight excluding hydrogens is 216 g/mol. The van der Waals surface area contributed by atoms with E-state index in [0.29, 0.717) is 19.5 Å². The highest BCUT2D eigenvalue weighted by Gasteiger charge is 2.30. The maximum atomic E-state index is 12.1. The fraction of sp³-hybridized carbons (Fsp3) is 0.923. The number of hydrogen-bond donors (Lipinski definition) is 2. The molecule has 1 amide bonds. The molecule has 1 unspecified atom stereocenters. The molecule has 1 atom stereocenters. The summed E-state index contributed by atoms with van der Waals surface area (Å²) in [4.78, 5) is 13.8. The van der Waals surface area contributed by atoms with Gasteiger partial charge in [0.25, 0.3) is 0 Å². The Morgan fingerprint density at radius 3 is 2.35 bits per heavy atom. The van der Waals surface area contributed by atoms with Crippen molar-refractivity contribution in [3.8, 4) is 0 Å². The van der Waals surface area contributed by atoms with Crippen LogP contribution in [0.5, 0.6) is 0 Å². The van der Waals surface area contributed by atoms with Crippen LogP contribution in [0.15, 0.2) is 0 Å². The molecule has 0 aliphatic heterocycles. The topological polar surface area (TPSA) is 66.6 Å². The summed E-state index contributed by atoms with van der Waals surface area (Å²) in [5, 5.41) is 8.99. The van der Waals surface area contributed by atoms with Crippen LogP contribution in [0, 0.1) is 0 Å². The summed E-state index contributed by atoms with van der Waals surface area (Å²) in [6, 6.07) is 0. The van der Waals surface area contributed by atoms with E-state index in [1.807, 2.05) is 6.92 Å². The number of aliphatic hydroxyl groups excluding tert-OH is 1. The molecule has 102 valence electrons. The van der Waals surface area contributed by atoms with E-state index in [9.17, 15) is 4.79 Å². The van der Waals surface area contributed by atoms with E-state index in [1.165, 1.54) is 12.8 Å². The first-order chi connectivity index (χ1) is 7.99. The minimum absolute atomic E-state index is 0.000682. The largest absolute Gasteiger partial charge is 0.395 e. The summed E-state index contributed by atoms with van der Waals surface area (Å²) in [6.45, 7) is 6.91. The average molecular weight is 244 g/mol. The number of nitrogens with zero attached hydrogens (tertiary/aromatic N) is 1. The summed E-state index contributed by atoms with van der Waals surface area (Å²) in [6.07, 6.45) is 5.09. The third-order valence-electron chi connectivity index (χ3n) is 3.16. The van der Waals surface area contributed by atoms with Gasteiger partial charge in [-0.25, -0.2) is 0 Å². The van der Waals surface area contributed by atoms with Gasteiger partial charge in [-0.1, -0.05) is 33.1 Å². The molecule has 4 heteroatoms. The van der Waals surface area contributed by atoms with Crippen molar-refractivity contribution in [2.24, 2.45) is 5.73 Å². The minimum Gasteiger partial charge on any atom is -0.395 e. The first-order valence-electron chi connectivity index (χ1n) is 6.68. The highest BCUT2D eigenvalue weighted by atomic mass is 16.3. The SMILES string of the molecule is CCCCCCN(CCO)C(=O)C(C)(N)CC. The molecule has 0 rings (SSSR count). The van der Waals surface area contributed by atoms with Crippen LogP contribution in [0.4, 0.5) is 0 Å². The van der Waals surface area contributed by atoms with Crippen molar-refractivity contribution in [3.05, 3.63) is 0 Å². The Kier molecular flexibility index (Phi) is 8.17. The quantitative estimate of drug-likeness (QED) is 0.604. The zero-order valence-corrected chi connectivity index (χ0v) is 11.5. The molecular formula is C13H28N2O2.